The molecule has 0 saturated heterocycles. The van der Waals surface area contributed by atoms with Gasteiger partial charge >= 0.3 is 0 Å². The van der Waals surface area contributed by atoms with Gasteiger partial charge in [0.25, 0.3) is 0 Å². The lowest BCUT2D eigenvalue weighted by Gasteiger charge is -2.19. The molecular formula is C11H20N2O. The Morgan fingerprint density at radius 1 is 1.57 bits per heavy atom. The normalized spacial score (nSPS) is 27.8. The predicted molar refractivity (Wildman–Crippen MR) is 57.8 cm³/mol. The van der Waals surface area contributed by atoms with Crippen molar-refractivity contribution in [1.29, 1.82) is 0 Å². The van der Waals surface area contributed by atoms with E-state index in [1.807, 2.05) is 19.9 Å². The third-order valence-electron chi connectivity index (χ3n) is 3.07. The lowest BCUT2D eigenvalue weighted by molar-refractivity contribution is -0.118. The molecule has 0 bridgehead atoms. The molecule has 0 aromatic rings. The Morgan fingerprint density at radius 2 is 2.29 bits per heavy atom. The van der Waals surface area contributed by atoms with Crippen LogP contribution in [-0.4, -0.2) is 18.5 Å². The van der Waals surface area contributed by atoms with Gasteiger partial charge in [0.2, 0.25) is 5.91 Å². The van der Waals surface area contributed by atoms with Crippen molar-refractivity contribution in [3.8, 4) is 0 Å². The van der Waals surface area contributed by atoms with Gasteiger partial charge in [0, 0.05) is 11.6 Å². The van der Waals surface area contributed by atoms with Crippen LogP contribution in [-0.2, 0) is 4.79 Å². The summed E-state index contributed by atoms with van der Waals surface area (Å²) in [6.07, 6.45) is 5.24. The summed E-state index contributed by atoms with van der Waals surface area (Å²) in [6, 6.07) is 0.294. The Bertz CT molecular complexity index is 235. The minimum absolute atomic E-state index is 0.0536. The van der Waals surface area contributed by atoms with Crippen LogP contribution in [0, 0.1) is 5.92 Å². The van der Waals surface area contributed by atoms with Crippen LogP contribution in [0.25, 0.3) is 0 Å². The molecule has 1 aliphatic rings. The summed E-state index contributed by atoms with van der Waals surface area (Å²) in [4.78, 5) is 11.6. The minimum Gasteiger partial charge on any atom is -0.349 e. The van der Waals surface area contributed by atoms with E-state index < -0.39 is 0 Å². The van der Waals surface area contributed by atoms with E-state index in [1.165, 1.54) is 6.42 Å². The maximum atomic E-state index is 11.6. The van der Waals surface area contributed by atoms with Crippen LogP contribution in [0.3, 0.4) is 0 Å². The molecule has 0 aromatic carbocycles. The number of allylic oxidation sites excluding steroid dienone is 1. The number of hydrogen-bond donors (Lipinski definition) is 2. The second-order valence-corrected chi connectivity index (χ2v) is 3.98. The minimum atomic E-state index is 0.0536. The van der Waals surface area contributed by atoms with Crippen molar-refractivity contribution in [3.05, 3.63) is 11.6 Å². The smallest absolute Gasteiger partial charge is 0.246 e. The van der Waals surface area contributed by atoms with Crippen LogP contribution < -0.4 is 11.1 Å². The van der Waals surface area contributed by atoms with E-state index in [1.54, 1.807) is 0 Å². The van der Waals surface area contributed by atoms with Gasteiger partial charge in [-0.15, -0.1) is 0 Å². The second kappa shape index (κ2) is 5.15. The number of nitrogens with one attached hydrogen (secondary N) is 1. The summed E-state index contributed by atoms with van der Waals surface area (Å²) in [5.41, 5.74) is 6.43. The van der Waals surface area contributed by atoms with Crippen molar-refractivity contribution < 1.29 is 4.79 Å². The highest BCUT2D eigenvalue weighted by Crippen LogP contribution is 2.24. The molecule has 1 aliphatic carbocycles. The first kappa shape index (κ1) is 11.2. The molecule has 1 amide bonds. The average molecular weight is 196 g/mol. The summed E-state index contributed by atoms with van der Waals surface area (Å²) in [6.45, 7) is 4.39. The van der Waals surface area contributed by atoms with Crippen molar-refractivity contribution in [1.82, 2.24) is 5.32 Å². The number of amides is 1. The molecule has 3 heteroatoms. The van der Waals surface area contributed by atoms with E-state index in [0.29, 0.717) is 18.5 Å². The van der Waals surface area contributed by atoms with E-state index >= 15 is 0 Å². The van der Waals surface area contributed by atoms with Gasteiger partial charge in [-0.2, -0.15) is 0 Å². The van der Waals surface area contributed by atoms with Crippen molar-refractivity contribution >= 4 is 5.91 Å². The molecule has 0 heterocycles. The maximum Gasteiger partial charge on any atom is 0.246 e. The van der Waals surface area contributed by atoms with E-state index in [9.17, 15) is 4.79 Å². The van der Waals surface area contributed by atoms with Crippen LogP contribution in [0.5, 0.6) is 0 Å². The van der Waals surface area contributed by atoms with Crippen LogP contribution in [0.2, 0.25) is 0 Å². The Morgan fingerprint density at radius 3 is 2.86 bits per heavy atom. The lowest BCUT2D eigenvalue weighted by Crippen LogP contribution is -2.40. The number of rotatable bonds is 3. The van der Waals surface area contributed by atoms with Crippen molar-refractivity contribution in [3.63, 3.8) is 0 Å². The number of hydrogen-bond acceptors (Lipinski definition) is 2. The highest BCUT2D eigenvalue weighted by Gasteiger charge is 2.27. The molecule has 2 atom stereocenters. The van der Waals surface area contributed by atoms with Crippen LogP contribution in [0.15, 0.2) is 11.6 Å². The van der Waals surface area contributed by atoms with Crippen LogP contribution >= 0.6 is 0 Å². The molecule has 3 N–H and O–H groups in total. The highest BCUT2D eigenvalue weighted by molar-refractivity contribution is 5.92. The van der Waals surface area contributed by atoms with E-state index in [2.05, 4.69) is 5.32 Å². The largest absolute Gasteiger partial charge is 0.349 e. The lowest BCUT2D eigenvalue weighted by atomic mass is 10.0. The third-order valence-corrected chi connectivity index (χ3v) is 3.07. The Kier molecular flexibility index (Phi) is 4.14. The summed E-state index contributed by atoms with van der Waals surface area (Å²) in [5.74, 6) is 0.529. The topological polar surface area (TPSA) is 55.1 Å². The zero-order valence-corrected chi connectivity index (χ0v) is 9.05. The standard InChI is InChI=1S/C11H20N2O/c1-3-8(2)11(14)13-10-6-4-5-9(10)7-12/h3,9-10H,4-7,12H2,1-2H3,(H,13,14)/b8-3-. The fourth-order valence-corrected chi connectivity index (χ4v) is 1.92. The molecule has 1 fully saturated rings. The van der Waals surface area contributed by atoms with Gasteiger partial charge in [0.05, 0.1) is 0 Å². The molecular weight excluding hydrogens is 176 g/mol. The first-order valence-electron chi connectivity index (χ1n) is 5.33. The van der Waals surface area contributed by atoms with Crippen molar-refractivity contribution in [2.24, 2.45) is 11.7 Å². The molecule has 0 spiro atoms. The van der Waals surface area contributed by atoms with Gasteiger partial charge in [0.15, 0.2) is 0 Å². The van der Waals surface area contributed by atoms with Gasteiger partial charge in [-0.05, 0) is 39.2 Å². The van der Waals surface area contributed by atoms with Gasteiger partial charge in [-0.1, -0.05) is 12.5 Å². The van der Waals surface area contributed by atoms with Gasteiger partial charge in [-0.25, -0.2) is 0 Å². The van der Waals surface area contributed by atoms with Crippen molar-refractivity contribution in [2.45, 2.75) is 39.2 Å². The maximum absolute atomic E-state index is 11.6. The molecule has 0 aliphatic heterocycles. The average Bonchev–Trinajstić information content (AvgIpc) is 2.63. The molecule has 80 valence electrons. The van der Waals surface area contributed by atoms with Crippen molar-refractivity contribution in [2.75, 3.05) is 6.54 Å². The Labute approximate surface area is 85.7 Å². The zero-order chi connectivity index (χ0) is 10.6. The quantitative estimate of drug-likeness (QED) is 0.666. The third kappa shape index (κ3) is 2.58. The molecule has 0 aromatic heterocycles. The Hall–Kier alpha value is -0.830. The number of carbonyl (C=O) groups is 1. The zero-order valence-electron chi connectivity index (χ0n) is 9.05. The summed E-state index contributed by atoms with van der Waals surface area (Å²) >= 11 is 0. The molecule has 0 radical (unpaired) electrons. The highest BCUT2D eigenvalue weighted by atomic mass is 16.1. The Balaban J connectivity index is 2.47. The second-order valence-electron chi connectivity index (χ2n) is 3.98. The fraction of sp³-hybridized carbons (Fsp3) is 0.727. The molecule has 14 heavy (non-hydrogen) atoms. The van der Waals surface area contributed by atoms with Gasteiger partial charge in [-0.3, -0.25) is 4.79 Å². The fourth-order valence-electron chi connectivity index (χ4n) is 1.92. The monoisotopic (exact) mass is 196 g/mol. The summed E-state index contributed by atoms with van der Waals surface area (Å²) in [5, 5.41) is 3.04. The predicted octanol–water partition coefficient (Wildman–Crippen LogP) is 1.20. The molecule has 1 saturated carbocycles. The molecule has 2 unspecified atom stereocenters. The van der Waals surface area contributed by atoms with Crippen LogP contribution in [0.1, 0.15) is 33.1 Å². The summed E-state index contributed by atoms with van der Waals surface area (Å²) < 4.78 is 0. The van der Waals surface area contributed by atoms with Gasteiger partial charge in [0.1, 0.15) is 0 Å². The number of carbonyl (C=O) groups excluding carboxylic acids is 1. The molecule has 1 rings (SSSR count). The first-order chi connectivity index (χ1) is 6.69. The van der Waals surface area contributed by atoms with E-state index in [4.69, 9.17) is 5.73 Å². The number of nitrogens with two attached hydrogens (primary N) is 1. The van der Waals surface area contributed by atoms with Crippen LogP contribution in [0.4, 0.5) is 0 Å². The van der Waals surface area contributed by atoms with E-state index in [0.717, 1.165) is 18.4 Å². The van der Waals surface area contributed by atoms with E-state index in [-0.39, 0.29) is 5.91 Å². The molecule has 3 nitrogen and oxygen atoms in total. The SMILES string of the molecule is C/C=C(/C)C(=O)NC1CCCC1CN. The van der Waals surface area contributed by atoms with Gasteiger partial charge < -0.3 is 11.1 Å². The first-order valence-corrected chi connectivity index (χ1v) is 5.33. The summed E-state index contributed by atoms with van der Waals surface area (Å²) in [7, 11) is 0.